The Kier molecular flexibility index (Phi) is 9.24. The van der Waals surface area contributed by atoms with Gasteiger partial charge in [-0.15, -0.1) is 0 Å². The molecule has 1 aliphatic rings. The Labute approximate surface area is 213 Å². The van der Waals surface area contributed by atoms with Crippen molar-refractivity contribution in [2.45, 2.75) is 43.9 Å². The summed E-state index contributed by atoms with van der Waals surface area (Å²) in [5.41, 5.74) is -2.79. The molecule has 0 aliphatic carbocycles. The first-order valence-electron chi connectivity index (χ1n) is 12.0. The van der Waals surface area contributed by atoms with E-state index in [-0.39, 0.29) is 19.0 Å². The molecule has 196 valence electrons. The van der Waals surface area contributed by atoms with Gasteiger partial charge in [0.15, 0.2) is 0 Å². The maximum atomic E-state index is 13.8. The number of hydrogen-bond donors (Lipinski definition) is 3. The van der Waals surface area contributed by atoms with Gasteiger partial charge in [-0.2, -0.15) is 13.2 Å². The van der Waals surface area contributed by atoms with Crippen molar-refractivity contribution in [1.82, 2.24) is 10.2 Å². The van der Waals surface area contributed by atoms with Gasteiger partial charge in [-0.05, 0) is 43.4 Å². The normalized spacial score (nSPS) is 16.3. The lowest BCUT2D eigenvalue weighted by Gasteiger charge is -2.38. The number of alkyl halides is 3. The fraction of sp³-hybridized carbons (Fsp3) is 0.462. The molecular formula is C26H31ClF3N3O3. The molecule has 36 heavy (non-hydrogen) atoms. The third-order valence-electron chi connectivity index (χ3n) is 6.62. The van der Waals surface area contributed by atoms with Gasteiger partial charge in [0.1, 0.15) is 0 Å². The number of unbranched alkanes of at least 4 members (excludes halogenated alkanes) is 1. The van der Waals surface area contributed by atoms with Gasteiger partial charge in [0.25, 0.3) is 17.4 Å². The first-order chi connectivity index (χ1) is 17.1. The Morgan fingerprint density at radius 3 is 2.33 bits per heavy atom. The highest BCUT2D eigenvalue weighted by Crippen LogP contribution is 2.41. The first-order valence-corrected chi connectivity index (χ1v) is 12.3. The molecule has 0 spiro atoms. The van der Waals surface area contributed by atoms with Crippen LogP contribution in [0.1, 0.15) is 48.0 Å². The van der Waals surface area contributed by atoms with Crippen molar-refractivity contribution in [2.24, 2.45) is 5.92 Å². The summed E-state index contributed by atoms with van der Waals surface area (Å²) in [6.45, 7) is 1.08. The third kappa shape index (κ3) is 6.31. The van der Waals surface area contributed by atoms with E-state index in [0.29, 0.717) is 35.9 Å². The highest BCUT2D eigenvalue weighted by Gasteiger charge is 2.62. The number of likely N-dealkylation sites (tertiary alicyclic amines) is 1. The highest BCUT2D eigenvalue weighted by molar-refractivity contribution is 6.34. The molecule has 3 N–H and O–H groups in total. The Hall–Kier alpha value is -2.78. The van der Waals surface area contributed by atoms with E-state index in [1.807, 2.05) is 0 Å². The monoisotopic (exact) mass is 525 g/mol. The number of aliphatic hydroxyl groups is 1. The zero-order valence-electron chi connectivity index (χ0n) is 20.1. The van der Waals surface area contributed by atoms with Crippen LogP contribution >= 0.6 is 11.6 Å². The molecule has 2 aromatic rings. The van der Waals surface area contributed by atoms with Gasteiger partial charge in [0.05, 0.1) is 10.6 Å². The van der Waals surface area contributed by atoms with Gasteiger partial charge in [-0.25, -0.2) is 0 Å². The lowest BCUT2D eigenvalue weighted by Crippen LogP contribution is -2.57. The van der Waals surface area contributed by atoms with Crippen molar-refractivity contribution in [3.63, 3.8) is 0 Å². The van der Waals surface area contributed by atoms with Crippen molar-refractivity contribution in [3.8, 4) is 0 Å². The minimum Gasteiger partial charge on any atom is -0.385 e. The van der Waals surface area contributed by atoms with E-state index in [9.17, 15) is 27.9 Å². The molecule has 0 unspecified atom stereocenters. The Morgan fingerprint density at radius 1 is 1.08 bits per heavy atom. The summed E-state index contributed by atoms with van der Waals surface area (Å²) in [4.78, 5) is 25.7. The largest absolute Gasteiger partial charge is 0.430 e. The number of carbonyl (C=O) groups excluding carboxylic acids is 2. The lowest BCUT2D eigenvalue weighted by atomic mass is 9.88. The zero-order valence-corrected chi connectivity index (χ0v) is 20.8. The summed E-state index contributed by atoms with van der Waals surface area (Å²) in [6, 6.07) is 11.7. The van der Waals surface area contributed by atoms with Gasteiger partial charge in [0, 0.05) is 37.9 Å². The fourth-order valence-electron chi connectivity index (χ4n) is 4.48. The van der Waals surface area contributed by atoms with Crippen molar-refractivity contribution in [2.75, 3.05) is 32.0 Å². The molecule has 2 amide bonds. The number of anilines is 1. The second kappa shape index (κ2) is 12.0. The van der Waals surface area contributed by atoms with E-state index in [0.717, 1.165) is 42.0 Å². The van der Waals surface area contributed by atoms with Crippen LogP contribution in [-0.2, 0) is 10.4 Å². The minimum absolute atomic E-state index is 0.184. The summed E-state index contributed by atoms with van der Waals surface area (Å²) in [6.07, 6.45) is -1.22. The van der Waals surface area contributed by atoms with Crippen molar-refractivity contribution >= 4 is 29.1 Å². The number of rotatable bonds is 9. The van der Waals surface area contributed by atoms with E-state index in [1.165, 1.54) is 18.2 Å². The van der Waals surface area contributed by atoms with Crippen molar-refractivity contribution in [1.29, 1.82) is 0 Å². The van der Waals surface area contributed by atoms with Crippen LogP contribution in [0.25, 0.3) is 0 Å². The van der Waals surface area contributed by atoms with Crippen molar-refractivity contribution < 1.29 is 27.9 Å². The van der Waals surface area contributed by atoms with E-state index in [4.69, 9.17) is 11.6 Å². The molecule has 2 aromatic carbocycles. The molecule has 0 bridgehead atoms. The topological polar surface area (TPSA) is 81.7 Å². The zero-order chi connectivity index (χ0) is 26.3. The van der Waals surface area contributed by atoms with Crippen LogP contribution in [0.15, 0.2) is 48.5 Å². The quantitative estimate of drug-likeness (QED) is 0.404. The van der Waals surface area contributed by atoms with Crippen LogP contribution in [0, 0.1) is 5.92 Å². The van der Waals surface area contributed by atoms with Crippen LogP contribution < -0.4 is 10.6 Å². The molecule has 0 saturated carbocycles. The van der Waals surface area contributed by atoms with E-state index in [2.05, 4.69) is 10.6 Å². The molecule has 10 heteroatoms. The van der Waals surface area contributed by atoms with Gasteiger partial charge < -0.3 is 20.6 Å². The average molecular weight is 526 g/mol. The third-order valence-corrected chi connectivity index (χ3v) is 6.93. The molecular weight excluding hydrogens is 495 g/mol. The number of amides is 2. The van der Waals surface area contributed by atoms with Crippen LogP contribution in [0.3, 0.4) is 0 Å². The molecule has 3 rings (SSSR count). The average Bonchev–Trinajstić information content (AvgIpc) is 2.87. The summed E-state index contributed by atoms with van der Waals surface area (Å²) < 4.78 is 41.4. The first kappa shape index (κ1) is 27.8. The number of nitrogens with zero attached hydrogens (tertiary/aromatic N) is 1. The SMILES string of the molecule is CNC(=O)c1ccc(NCCCCC2CCN(C(=O)[C@@](O)(c3ccccc3)C(F)(F)F)CC2)cc1Cl. The molecule has 1 aliphatic heterocycles. The number of carbonyl (C=O) groups is 2. The fourth-order valence-corrected chi connectivity index (χ4v) is 4.74. The standard InChI is InChI=1S/C26H31ClF3N3O3/c1-31-23(34)21-11-10-20(17-22(21)27)32-14-6-5-7-18-12-15-33(16-13-18)24(35)25(36,26(28,29)30)19-8-3-2-4-9-19/h2-4,8-11,17-18,32,36H,5-7,12-16H2,1H3,(H,31,34)/t25-/m0/s1. The van der Waals surface area contributed by atoms with Crippen LogP contribution in [0.2, 0.25) is 5.02 Å². The number of halogens is 4. The molecule has 1 saturated heterocycles. The molecule has 1 heterocycles. The summed E-state index contributed by atoms with van der Waals surface area (Å²) in [7, 11) is 1.54. The summed E-state index contributed by atoms with van der Waals surface area (Å²) >= 11 is 6.16. The minimum atomic E-state index is -5.12. The highest BCUT2D eigenvalue weighted by atomic mass is 35.5. The van der Waals surface area contributed by atoms with Crippen LogP contribution in [-0.4, -0.2) is 54.7 Å². The van der Waals surface area contributed by atoms with E-state index >= 15 is 0 Å². The number of nitrogens with one attached hydrogen (secondary N) is 2. The maximum absolute atomic E-state index is 13.8. The molecule has 6 nitrogen and oxygen atoms in total. The Morgan fingerprint density at radius 2 is 1.75 bits per heavy atom. The number of hydrogen-bond acceptors (Lipinski definition) is 4. The van der Waals surface area contributed by atoms with Gasteiger partial charge >= 0.3 is 6.18 Å². The van der Waals surface area contributed by atoms with Gasteiger partial charge in [0.2, 0.25) is 0 Å². The van der Waals surface area contributed by atoms with Gasteiger partial charge in [-0.1, -0.05) is 54.8 Å². The predicted molar refractivity (Wildman–Crippen MR) is 133 cm³/mol. The number of piperidine rings is 1. The Balaban J connectivity index is 1.44. The van der Waals surface area contributed by atoms with Crippen LogP contribution in [0.4, 0.5) is 18.9 Å². The van der Waals surface area contributed by atoms with E-state index in [1.54, 1.807) is 25.2 Å². The lowest BCUT2D eigenvalue weighted by molar-refractivity contribution is -0.262. The number of benzene rings is 2. The molecule has 0 aromatic heterocycles. The maximum Gasteiger partial charge on any atom is 0.430 e. The second-order valence-electron chi connectivity index (χ2n) is 9.01. The molecule has 0 radical (unpaired) electrons. The van der Waals surface area contributed by atoms with Gasteiger partial charge in [-0.3, -0.25) is 9.59 Å². The molecule has 1 fully saturated rings. The summed E-state index contributed by atoms with van der Waals surface area (Å²) in [5, 5.41) is 16.7. The smallest absolute Gasteiger partial charge is 0.385 e. The second-order valence-corrected chi connectivity index (χ2v) is 9.41. The van der Waals surface area contributed by atoms with Crippen LogP contribution in [0.5, 0.6) is 0 Å². The summed E-state index contributed by atoms with van der Waals surface area (Å²) in [5.74, 6) is -1.25. The Bertz CT molecular complexity index is 1040. The van der Waals surface area contributed by atoms with E-state index < -0.39 is 23.2 Å². The predicted octanol–water partition coefficient (Wildman–Crippen LogP) is 4.97. The van der Waals surface area contributed by atoms with Crippen molar-refractivity contribution in [3.05, 3.63) is 64.7 Å². The molecule has 1 atom stereocenters.